The molecule has 0 fully saturated rings. The number of benzene rings is 1. The van der Waals surface area contributed by atoms with Crippen molar-refractivity contribution in [2.75, 3.05) is 0 Å². The molecule has 2 rings (SSSR count). The second-order valence-corrected chi connectivity index (χ2v) is 12.0. The Kier molecular flexibility index (Phi) is 3.25. The van der Waals surface area contributed by atoms with Gasteiger partial charge in [-0.1, -0.05) is 20.8 Å². The predicted molar refractivity (Wildman–Crippen MR) is 85.9 cm³/mol. The molecule has 0 aliphatic heterocycles. The summed E-state index contributed by atoms with van der Waals surface area (Å²) in [7, 11) is -1.80. The topological polar surface area (TPSA) is 22.4 Å². The van der Waals surface area contributed by atoms with Crippen LogP contribution in [-0.2, 0) is 11.0 Å². The molecule has 104 valence electrons. The Balaban J connectivity index is 2.30. The first-order valence-corrected chi connectivity index (χ1v) is 10.0. The summed E-state index contributed by atoms with van der Waals surface area (Å²) >= 11 is 3.45. The Labute approximate surface area is 127 Å². The van der Waals surface area contributed by atoms with Crippen molar-refractivity contribution in [3.63, 3.8) is 0 Å². The predicted octanol–water partition coefficient (Wildman–Crippen LogP) is 5.72. The Hall–Kier alpha value is -0.583. The minimum absolute atomic E-state index is 0.104. The van der Waals surface area contributed by atoms with Crippen molar-refractivity contribution in [3.05, 3.63) is 34.5 Å². The van der Waals surface area contributed by atoms with Gasteiger partial charge in [-0.3, -0.25) is 0 Å². The fraction of sp³-hybridized carbons (Fsp3) is 0.467. The summed E-state index contributed by atoms with van der Waals surface area (Å²) in [6, 6.07) is 3.95. The zero-order valence-electron chi connectivity index (χ0n) is 14.1. The van der Waals surface area contributed by atoms with E-state index in [-0.39, 0.29) is 17.3 Å². The first kappa shape index (κ1) is 12.2. The number of rotatable bonds is 3. The van der Waals surface area contributed by atoms with E-state index in [1.165, 1.54) is 0 Å². The summed E-state index contributed by atoms with van der Waals surface area (Å²) in [5.41, 5.74) is 1.55. The van der Waals surface area contributed by atoms with E-state index in [4.69, 9.17) is 11.6 Å². The van der Waals surface area contributed by atoms with Crippen LogP contribution in [0.4, 0.5) is 0 Å². The highest BCUT2D eigenvalue weighted by Gasteiger charge is 2.37. The van der Waals surface area contributed by atoms with E-state index in [1.807, 2.05) is 12.1 Å². The highest BCUT2D eigenvalue weighted by Crippen LogP contribution is 2.37. The zero-order chi connectivity index (χ0) is 16.0. The second-order valence-electron chi connectivity index (χ2n) is 6.33. The van der Waals surface area contributed by atoms with E-state index < -0.39 is 8.32 Å². The average molecular weight is 343 g/mol. The monoisotopic (exact) mass is 342 g/mol. The maximum atomic E-state index is 7.88. The smallest absolute Gasteiger partial charge is 0.192 e. The highest BCUT2D eigenvalue weighted by molar-refractivity contribution is 9.10. The van der Waals surface area contributed by atoms with E-state index in [1.54, 1.807) is 0 Å². The molecule has 2 aromatic rings. The molecule has 2 nitrogen and oxygen atoms in total. The molecule has 0 spiro atoms. The molecule has 0 bridgehead atoms. The summed E-state index contributed by atoms with van der Waals surface area (Å²) in [6.07, 6.45) is -0.104. The van der Waals surface area contributed by atoms with Crippen molar-refractivity contribution >= 4 is 35.2 Å². The van der Waals surface area contributed by atoms with Gasteiger partial charge in [0.25, 0.3) is 0 Å². The first-order chi connectivity index (χ1) is 9.53. The van der Waals surface area contributed by atoms with Gasteiger partial charge in [-0.25, -0.2) is 0 Å². The molecule has 0 saturated heterocycles. The van der Waals surface area contributed by atoms with Crippen LogP contribution in [-0.4, -0.2) is 8.32 Å². The molecule has 0 atom stereocenters. The number of fused-ring (bicyclic) bond motifs is 1. The van der Waals surface area contributed by atoms with E-state index in [0.29, 0.717) is 17.6 Å². The Morgan fingerprint density at radius 2 is 2.05 bits per heavy atom. The molecule has 0 aliphatic rings. The quantitative estimate of drug-likeness (QED) is 0.665. The molecule has 0 radical (unpaired) electrons. The molecular formula is C15H21BrO2Si. The highest BCUT2D eigenvalue weighted by atomic mass is 79.9. The van der Waals surface area contributed by atoms with Crippen molar-refractivity contribution in [2.45, 2.75) is 45.5 Å². The Morgan fingerprint density at radius 1 is 1.37 bits per heavy atom. The van der Waals surface area contributed by atoms with Crippen molar-refractivity contribution in [3.8, 4) is 0 Å². The van der Waals surface area contributed by atoms with Crippen molar-refractivity contribution in [2.24, 2.45) is 0 Å². The van der Waals surface area contributed by atoms with Crippen LogP contribution in [0.3, 0.4) is 0 Å². The van der Waals surface area contributed by atoms with Gasteiger partial charge in [-0.15, -0.1) is 0 Å². The van der Waals surface area contributed by atoms with Crippen LogP contribution in [0.5, 0.6) is 0 Å². The van der Waals surface area contributed by atoms with Crippen LogP contribution in [0.15, 0.2) is 33.3 Å². The molecule has 1 aromatic carbocycles. The van der Waals surface area contributed by atoms with Gasteiger partial charge in [-0.2, -0.15) is 0 Å². The normalized spacial score (nSPS) is 14.6. The van der Waals surface area contributed by atoms with Gasteiger partial charge in [-0.05, 0) is 57.8 Å². The molecule has 1 aromatic heterocycles. The molecule has 0 amide bonds. The molecule has 1 heterocycles. The third-order valence-corrected chi connectivity index (χ3v) is 8.92. The lowest BCUT2D eigenvalue weighted by molar-refractivity contribution is 0.276. The van der Waals surface area contributed by atoms with Crippen LogP contribution in [0.2, 0.25) is 18.1 Å². The molecule has 4 heteroatoms. The fourth-order valence-electron chi connectivity index (χ4n) is 1.54. The first-order valence-electron chi connectivity index (χ1n) is 7.35. The summed E-state index contributed by atoms with van der Waals surface area (Å²) in [5.74, 6) is 0. The molecule has 0 N–H and O–H groups in total. The van der Waals surface area contributed by atoms with Gasteiger partial charge >= 0.3 is 0 Å². The lowest BCUT2D eigenvalue weighted by Gasteiger charge is -2.36. The number of hydrogen-bond donors (Lipinski definition) is 0. The van der Waals surface area contributed by atoms with Crippen LogP contribution in [0.1, 0.15) is 29.1 Å². The zero-order valence-corrected chi connectivity index (χ0v) is 14.6. The molecule has 0 aliphatic carbocycles. The van der Waals surface area contributed by atoms with Gasteiger partial charge in [0.05, 0.1) is 18.7 Å². The van der Waals surface area contributed by atoms with Gasteiger partial charge in [0.2, 0.25) is 0 Å². The maximum Gasteiger partial charge on any atom is 0.192 e. The summed E-state index contributed by atoms with van der Waals surface area (Å²) < 4.78 is 27.7. The average Bonchev–Trinajstić information content (AvgIpc) is 2.63. The summed E-state index contributed by atoms with van der Waals surface area (Å²) in [4.78, 5) is 0. The second kappa shape index (κ2) is 5.07. The van der Waals surface area contributed by atoms with E-state index >= 15 is 0 Å². The van der Waals surface area contributed by atoms with Crippen molar-refractivity contribution < 1.29 is 11.6 Å². The Bertz CT molecular complexity index is 674. The van der Waals surface area contributed by atoms with Crippen LogP contribution in [0, 0.1) is 0 Å². The minimum atomic E-state index is -1.80. The van der Waals surface area contributed by atoms with E-state index in [0.717, 1.165) is 10.0 Å². The van der Waals surface area contributed by atoms with E-state index in [9.17, 15) is 0 Å². The third kappa shape index (κ3) is 3.12. The van der Waals surface area contributed by atoms with Crippen molar-refractivity contribution in [1.82, 2.24) is 0 Å². The largest absolute Gasteiger partial charge is 0.463 e. The van der Waals surface area contributed by atoms with Crippen molar-refractivity contribution in [1.29, 1.82) is 0 Å². The number of hydrogen-bond acceptors (Lipinski definition) is 2. The lowest BCUT2D eigenvalue weighted by atomic mass is 10.2. The van der Waals surface area contributed by atoms with Gasteiger partial charge in [0.1, 0.15) is 6.95 Å². The standard InChI is InChI=1S/C15H21BrO2Si/c1-15(2,3)19(4,5)18-10-11-8-12-6-7-17-14(12)13(16)9-11/h6-9H,10H2,1-5H3/i6D,7D. The SMILES string of the molecule is [2H]c1oc2c(Br)cc(CO[Si](C)(C)C(C)(C)C)cc2c1[2H]. The van der Waals surface area contributed by atoms with Gasteiger partial charge in [0.15, 0.2) is 8.32 Å². The van der Waals surface area contributed by atoms with Crippen LogP contribution >= 0.6 is 15.9 Å². The third-order valence-electron chi connectivity index (χ3n) is 3.85. The van der Waals surface area contributed by atoms with Gasteiger partial charge < -0.3 is 8.84 Å². The molecule has 0 saturated carbocycles. The minimum Gasteiger partial charge on any atom is -0.463 e. The summed E-state index contributed by atoms with van der Waals surface area (Å²) in [6.45, 7) is 11.6. The number of halogens is 1. The van der Waals surface area contributed by atoms with Crippen LogP contribution < -0.4 is 0 Å². The molecule has 19 heavy (non-hydrogen) atoms. The van der Waals surface area contributed by atoms with E-state index in [2.05, 4.69) is 49.8 Å². The number of furan rings is 1. The molecular weight excluding hydrogens is 320 g/mol. The fourth-order valence-corrected chi connectivity index (χ4v) is 3.09. The lowest BCUT2D eigenvalue weighted by Crippen LogP contribution is -2.40. The maximum absolute atomic E-state index is 7.88. The summed E-state index contributed by atoms with van der Waals surface area (Å²) in [5, 5.41) is 0.821. The van der Waals surface area contributed by atoms with Crippen LogP contribution in [0.25, 0.3) is 11.0 Å². The van der Waals surface area contributed by atoms with Gasteiger partial charge in [0, 0.05) is 5.39 Å². The molecule has 0 unspecified atom stereocenters. The Morgan fingerprint density at radius 3 is 2.68 bits per heavy atom.